The molecule has 0 amide bonds. The third kappa shape index (κ3) is 4.20. The smallest absolute Gasteiger partial charge is 0.417 e. The van der Waals surface area contributed by atoms with Crippen LogP contribution in [0.1, 0.15) is 18.9 Å². The molecule has 0 fully saturated rings. The summed E-state index contributed by atoms with van der Waals surface area (Å²) in [4.78, 5) is 10.4. The average molecular weight is 339 g/mol. The zero-order valence-corrected chi connectivity index (χ0v) is 12.9. The first kappa shape index (κ1) is 18.4. The van der Waals surface area contributed by atoms with Crippen LogP contribution in [-0.2, 0) is 25.7 Å². The Balaban J connectivity index is 3.35. The number of nitrogens with zero attached hydrogens (tertiary/aromatic N) is 1. The van der Waals surface area contributed by atoms with E-state index in [0.29, 0.717) is 16.8 Å². The van der Waals surface area contributed by atoms with E-state index < -0.39 is 39.2 Å². The molecular weight excluding hydrogens is 323 g/mol. The number of ether oxygens (including phenoxy) is 1. The summed E-state index contributed by atoms with van der Waals surface area (Å²) in [6.45, 7) is 0.915. The highest BCUT2D eigenvalue weighted by atomic mass is 32.2. The second-order valence-electron chi connectivity index (χ2n) is 4.41. The molecule has 0 saturated heterocycles. The summed E-state index contributed by atoms with van der Waals surface area (Å²) in [7, 11) is -3.40. The number of carbonyl (C=O) groups is 1. The van der Waals surface area contributed by atoms with Crippen LogP contribution in [0.4, 0.5) is 13.2 Å². The number of alkyl halides is 3. The molecule has 1 rings (SSSR count). The SMILES string of the molecule is CCCN(CC(=O)OC)S(=O)(=O)c1ccccc1C(F)(F)F. The third-order valence-electron chi connectivity index (χ3n) is 2.82. The topological polar surface area (TPSA) is 63.7 Å². The molecule has 124 valence electrons. The van der Waals surface area contributed by atoms with Gasteiger partial charge in [-0.3, -0.25) is 4.79 Å². The van der Waals surface area contributed by atoms with Crippen LogP contribution in [0.5, 0.6) is 0 Å². The molecule has 0 radical (unpaired) electrons. The normalized spacial score (nSPS) is 12.5. The number of benzene rings is 1. The van der Waals surface area contributed by atoms with Crippen LogP contribution in [0.25, 0.3) is 0 Å². The van der Waals surface area contributed by atoms with E-state index in [2.05, 4.69) is 4.74 Å². The van der Waals surface area contributed by atoms with Gasteiger partial charge in [0.1, 0.15) is 6.54 Å². The van der Waals surface area contributed by atoms with E-state index in [-0.39, 0.29) is 6.54 Å². The van der Waals surface area contributed by atoms with E-state index >= 15 is 0 Å². The van der Waals surface area contributed by atoms with Crippen molar-refractivity contribution in [3.8, 4) is 0 Å². The zero-order chi connectivity index (χ0) is 17.0. The van der Waals surface area contributed by atoms with Crippen LogP contribution in [0.2, 0.25) is 0 Å². The number of esters is 1. The minimum atomic E-state index is -4.81. The quantitative estimate of drug-likeness (QED) is 0.746. The maximum absolute atomic E-state index is 13.0. The predicted octanol–water partition coefficient (Wildman–Crippen LogP) is 2.28. The molecule has 9 heteroatoms. The van der Waals surface area contributed by atoms with Crippen molar-refractivity contribution in [3.05, 3.63) is 29.8 Å². The molecule has 5 nitrogen and oxygen atoms in total. The fraction of sp³-hybridized carbons (Fsp3) is 0.462. The third-order valence-corrected chi connectivity index (χ3v) is 4.72. The van der Waals surface area contributed by atoms with E-state index in [4.69, 9.17) is 0 Å². The number of sulfonamides is 1. The van der Waals surface area contributed by atoms with Crippen molar-refractivity contribution in [1.29, 1.82) is 0 Å². The molecule has 0 atom stereocenters. The Kier molecular flexibility index (Phi) is 5.95. The summed E-state index contributed by atoms with van der Waals surface area (Å²) in [5.74, 6) is -0.846. The number of hydrogen-bond acceptors (Lipinski definition) is 4. The first-order chi connectivity index (χ1) is 10.1. The van der Waals surface area contributed by atoms with Crippen molar-refractivity contribution in [2.45, 2.75) is 24.4 Å². The monoisotopic (exact) mass is 339 g/mol. The summed E-state index contributed by atoms with van der Waals surface area (Å²) in [6.07, 6.45) is -4.47. The lowest BCUT2D eigenvalue weighted by Crippen LogP contribution is -2.37. The maximum Gasteiger partial charge on any atom is 0.417 e. The van der Waals surface area contributed by atoms with Crippen LogP contribution >= 0.6 is 0 Å². The van der Waals surface area contributed by atoms with E-state index in [1.807, 2.05) is 0 Å². The Bertz CT molecular complexity index is 628. The lowest BCUT2D eigenvalue weighted by Gasteiger charge is -2.22. The summed E-state index contributed by atoms with van der Waals surface area (Å²) in [5.41, 5.74) is -1.26. The second kappa shape index (κ2) is 7.10. The van der Waals surface area contributed by atoms with Gasteiger partial charge in [-0.25, -0.2) is 8.42 Å². The Morgan fingerprint density at radius 3 is 2.36 bits per heavy atom. The van der Waals surface area contributed by atoms with E-state index in [1.165, 1.54) is 6.07 Å². The summed E-state index contributed by atoms with van der Waals surface area (Å²) in [6, 6.07) is 3.87. The lowest BCUT2D eigenvalue weighted by atomic mass is 10.2. The fourth-order valence-corrected chi connectivity index (χ4v) is 3.50. The fourth-order valence-electron chi connectivity index (χ4n) is 1.81. The van der Waals surface area contributed by atoms with Crippen LogP contribution in [0.3, 0.4) is 0 Å². The molecule has 22 heavy (non-hydrogen) atoms. The first-order valence-corrected chi connectivity index (χ1v) is 7.81. The van der Waals surface area contributed by atoms with Gasteiger partial charge in [0.05, 0.1) is 17.6 Å². The molecule has 1 aromatic rings. The Morgan fingerprint density at radius 1 is 1.27 bits per heavy atom. The molecule has 0 aliphatic heterocycles. The zero-order valence-electron chi connectivity index (χ0n) is 12.1. The number of methoxy groups -OCH3 is 1. The van der Waals surface area contributed by atoms with Crippen molar-refractivity contribution in [1.82, 2.24) is 4.31 Å². The number of hydrogen-bond donors (Lipinski definition) is 0. The van der Waals surface area contributed by atoms with Gasteiger partial charge in [0.25, 0.3) is 0 Å². The van der Waals surface area contributed by atoms with Gasteiger partial charge in [0.15, 0.2) is 0 Å². The molecule has 0 heterocycles. The van der Waals surface area contributed by atoms with Gasteiger partial charge in [-0.05, 0) is 18.6 Å². The number of carbonyl (C=O) groups excluding carboxylic acids is 1. The molecule has 0 aliphatic carbocycles. The molecule has 0 N–H and O–H groups in total. The van der Waals surface area contributed by atoms with Crippen molar-refractivity contribution >= 4 is 16.0 Å². The Labute approximate surface area is 126 Å². The average Bonchev–Trinajstić information content (AvgIpc) is 2.45. The highest BCUT2D eigenvalue weighted by Gasteiger charge is 2.39. The van der Waals surface area contributed by atoms with E-state index in [0.717, 1.165) is 19.2 Å². The Morgan fingerprint density at radius 2 is 1.86 bits per heavy atom. The molecule has 0 aromatic heterocycles. The highest BCUT2D eigenvalue weighted by Crippen LogP contribution is 2.35. The van der Waals surface area contributed by atoms with Gasteiger partial charge in [0.2, 0.25) is 10.0 Å². The van der Waals surface area contributed by atoms with Crippen molar-refractivity contribution < 1.29 is 31.1 Å². The van der Waals surface area contributed by atoms with Crippen LogP contribution < -0.4 is 0 Å². The summed E-state index contributed by atoms with van der Waals surface area (Å²) in [5, 5.41) is 0. The summed E-state index contributed by atoms with van der Waals surface area (Å²) < 4.78 is 68.9. The molecule has 0 saturated carbocycles. The molecule has 0 aliphatic rings. The number of halogens is 3. The van der Waals surface area contributed by atoms with Crippen molar-refractivity contribution in [2.24, 2.45) is 0 Å². The van der Waals surface area contributed by atoms with Gasteiger partial charge < -0.3 is 4.74 Å². The molecule has 1 aromatic carbocycles. The van der Waals surface area contributed by atoms with Gasteiger partial charge in [0, 0.05) is 6.54 Å². The van der Waals surface area contributed by atoms with Gasteiger partial charge in [-0.1, -0.05) is 19.1 Å². The van der Waals surface area contributed by atoms with Gasteiger partial charge >= 0.3 is 12.1 Å². The van der Waals surface area contributed by atoms with E-state index in [1.54, 1.807) is 6.92 Å². The molecule has 0 unspecified atom stereocenters. The van der Waals surface area contributed by atoms with E-state index in [9.17, 15) is 26.4 Å². The first-order valence-electron chi connectivity index (χ1n) is 6.37. The largest absolute Gasteiger partial charge is 0.468 e. The molecule has 0 spiro atoms. The van der Waals surface area contributed by atoms with Crippen molar-refractivity contribution in [3.63, 3.8) is 0 Å². The lowest BCUT2D eigenvalue weighted by molar-refractivity contribution is -0.140. The molecular formula is C13H16F3NO4S. The standard InChI is InChI=1S/C13H16F3NO4S/c1-3-8-17(9-12(18)21-2)22(19,20)11-7-5-4-6-10(11)13(14,15)16/h4-7H,3,8-9H2,1-2H3. The second-order valence-corrected chi connectivity index (χ2v) is 6.32. The maximum atomic E-state index is 13.0. The van der Waals surface area contributed by atoms with Crippen LogP contribution in [-0.4, -0.2) is 38.9 Å². The van der Waals surface area contributed by atoms with Gasteiger partial charge in [-0.15, -0.1) is 0 Å². The Hall–Kier alpha value is -1.61. The van der Waals surface area contributed by atoms with Crippen LogP contribution in [0.15, 0.2) is 29.2 Å². The summed E-state index contributed by atoms with van der Waals surface area (Å²) >= 11 is 0. The minimum Gasteiger partial charge on any atom is -0.468 e. The van der Waals surface area contributed by atoms with Crippen LogP contribution in [0, 0.1) is 0 Å². The highest BCUT2D eigenvalue weighted by molar-refractivity contribution is 7.89. The van der Waals surface area contributed by atoms with Gasteiger partial charge in [-0.2, -0.15) is 17.5 Å². The van der Waals surface area contributed by atoms with Crippen molar-refractivity contribution in [2.75, 3.05) is 20.2 Å². The molecule has 0 bridgehead atoms. The minimum absolute atomic E-state index is 0.0936. The number of rotatable bonds is 6. The predicted molar refractivity (Wildman–Crippen MR) is 72.5 cm³/mol.